The fourth-order valence-corrected chi connectivity index (χ4v) is 4.28. The summed E-state index contributed by atoms with van der Waals surface area (Å²) in [5.74, 6) is -2.73. The smallest absolute Gasteiger partial charge is 0.303 e. The van der Waals surface area contributed by atoms with Crippen LogP contribution in [0, 0.1) is 11.3 Å². The second-order valence-electron chi connectivity index (χ2n) is 6.08. The molecule has 0 aliphatic rings. The number of para-hydroxylation sites is 1. The van der Waals surface area contributed by atoms with E-state index in [1.165, 1.54) is 30.3 Å². The SMILES string of the molecule is N#Cc1c(O)c(C(=O)CCC(=O)O)nc2c(S(=O)(=O)c3ccccc3)cccc12. The molecule has 0 radical (unpaired) electrons. The number of carboxylic acids is 1. The number of benzene rings is 2. The van der Waals surface area contributed by atoms with Gasteiger partial charge in [0.1, 0.15) is 17.3 Å². The lowest BCUT2D eigenvalue weighted by Crippen LogP contribution is -2.09. The highest BCUT2D eigenvalue weighted by molar-refractivity contribution is 7.91. The Bertz CT molecular complexity index is 1280. The minimum Gasteiger partial charge on any atom is -0.504 e. The number of aromatic nitrogens is 1. The molecule has 146 valence electrons. The van der Waals surface area contributed by atoms with Gasteiger partial charge in [0.15, 0.2) is 11.5 Å². The van der Waals surface area contributed by atoms with Crippen LogP contribution in [0.5, 0.6) is 5.75 Å². The van der Waals surface area contributed by atoms with Crippen LogP contribution in [0.4, 0.5) is 0 Å². The summed E-state index contributed by atoms with van der Waals surface area (Å²) in [5.41, 5.74) is -0.992. The van der Waals surface area contributed by atoms with Gasteiger partial charge in [0.05, 0.1) is 21.7 Å². The Hall–Kier alpha value is -3.77. The molecule has 0 atom stereocenters. The molecule has 3 aromatic rings. The van der Waals surface area contributed by atoms with E-state index in [0.29, 0.717) is 0 Å². The molecule has 2 N–H and O–H groups in total. The molecule has 1 aromatic heterocycles. The number of pyridine rings is 1. The van der Waals surface area contributed by atoms with Crippen LogP contribution in [0.15, 0.2) is 58.3 Å². The molecule has 0 aliphatic heterocycles. The Balaban J connectivity index is 2.30. The predicted octanol–water partition coefficient (Wildman–Crippen LogP) is 2.69. The van der Waals surface area contributed by atoms with Crippen molar-refractivity contribution in [2.75, 3.05) is 0 Å². The number of carbonyl (C=O) groups is 2. The van der Waals surface area contributed by atoms with E-state index in [9.17, 15) is 28.4 Å². The lowest BCUT2D eigenvalue weighted by Gasteiger charge is -2.12. The standard InChI is InChI=1S/C20H14N2O6S/c21-11-14-13-7-4-8-16(29(27,28)12-5-2-1-3-6-12)18(13)22-19(20(14)26)15(23)9-10-17(24)25/h1-8,26H,9-10H2,(H,24,25). The maximum atomic E-state index is 13.1. The molecule has 0 saturated heterocycles. The van der Waals surface area contributed by atoms with Crippen molar-refractivity contribution in [3.8, 4) is 11.8 Å². The van der Waals surface area contributed by atoms with Crippen molar-refractivity contribution in [2.24, 2.45) is 0 Å². The number of hydrogen-bond donors (Lipinski definition) is 2. The zero-order valence-electron chi connectivity index (χ0n) is 14.9. The highest BCUT2D eigenvalue weighted by Gasteiger charge is 2.26. The molecule has 29 heavy (non-hydrogen) atoms. The quantitative estimate of drug-likeness (QED) is 0.590. The molecule has 0 saturated carbocycles. The van der Waals surface area contributed by atoms with Crippen molar-refractivity contribution in [3.63, 3.8) is 0 Å². The van der Waals surface area contributed by atoms with Crippen LogP contribution in [0.1, 0.15) is 28.9 Å². The van der Waals surface area contributed by atoms with Crippen LogP contribution in [-0.4, -0.2) is 35.4 Å². The molecule has 0 spiro atoms. The van der Waals surface area contributed by atoms with Crippen LogP contribution in [0.2, 0.25) is 0 Å². The number of hydrogen-bond acceptors (Lipinski definition) is 7. The van der Waals surface area contributed by atoms with Gasteiger partial charge < -0.3 is 10.2 Å². The third-order valence-electron chi connectivity index (χ3n) is 4.24. The van der Waals surface area contributed by atoms with Crippen molar-refractivity contribution < 1.29 is 28.2 Å². The molecule has 0 amide bonds. The van der Waals surface area contributed by atoms with Gasteiger partial charge in [-0.2, -0.15) is 5.26 Å². The molecule has 9 heteroatoms. The number of fused-ring (bicyclic) bond motifs is 1. The summed E-state index contributed by atoms with van der Waals surface area (Å²) in [4.78, 5) is 26.9. The van der Waals surface area contributed by atoms with Gasteiger partial charge in [0.25, 0.3) is 0 Å². The zero-order chi connectivity index (χ0) is 21.2. The summed E-state index contributed by atoms with van der Waals surface area (Å²) in [6.07, 6.45) is -0.955. The average Bonchev–Trinajstić information content (AvgIpc) is 2.71. The minimum absolute atomic E-state index is 0.000337. The van der Waals surface area contributed by atoms with Gasteiger partial charge in [-0.1, -0.05) is 30.3 Å². The monoisotopic (exact) mass is 410 g/mol. The number of Topliss-reactive ketones (excluding diaryl/α,β-unsaturated/α-hetero) is 1. The fourth-order valence-electron chi connectivity index (χ4n) is 2.84. The van der Waals surface area contributed by atoms with E-state index in [2.05, 4.69) is 4.98 Å². The minimum atomic E-state index is -4.03. The van der Waals surface area contributed by atoms with Crippen molar-refractivity contribution in [1.29, 1.82) is 5.26 Å². The summed E-state index contributed by atoms with van der Waals surface area (Å²) in [7, 11) is -4.03. The average molecular weight is 410 g/mol. The highest BCUT2D eigenvalue weighted by Crippen LogP contribution is 2.34. The Kier molecular flexibility index (Phi) is 5.30. The first-order chi connectivity index (χ1) is 13.8. The lowest BCUT2D eigenvalue weighted by atomic mass is 10.0. The fraction of sp³-hybridized carbons (Fsp3) is 0.100. The van der Waals surface area contributed by atoms with Gasteiger partial charge in [-0.25, -0.2) is 13.4 Å². The van der Waals surface area contributed by atoms with E-state index >= 15 is 0 Å². The van der Waals surface area contributed by atoms with Gasteiger partial charge in [-0.15, -0.1) is 0 Å². The first-order valence-electron chi connectivity index (χ1n) is 8.38. The number of rotatable bonds is 6. The summed E-state index contributed by atoms with van der Waals surface area (Å²) in [6, 6.07) is 13.4. The Morgan fingerprint density at radius 1 is 1.03 bits per heavy atom. The van der Waals surface area contributed by atoms with Crippen molar-refractivity contribution in [1.82, 2.24) is 4.98 Å². The number of ketones is 1. The maximum Gasteiger partial charge on any atom is 0.303 e. The Morgan fingerprint density at radius 3 is 2.34 bits per heavy atom. The lowest BCUT2D eigenvalue weighted by molar-refractivity contribution is -0.136. The number of carboxylic acid groups (broad SMARTS) is 1. The Labute approximate surface area is 165 Å². The molecule has 8 nitrogen and oxygen atoms in total. The molecule has 3 rings (SSSR count). The van der Waals surface area contributed by atoms with E-state index in [0.717, 1.165) is 0 Å². The van der Waals surface area contributed by atoms with Gasteiger partial charge in [-0.05, 0) is 18.2 Å². The van der Waals surface area contributed by atoms with Crippen LogP contribution in [0.25, 0.3) is 10.9 Å². The molecular formula is C20H14N2O6S. The number of nitriles is 1. The molecule has 0 bridgehead atoms. The summed E-state index contributed by atoms with van der Waals surface area (Å²) >= 11 is 0. The maximum absolute atomic E-state index is 13.1. The van der Waals surface area contributed by atoms with Crippen LogP contribution in [0.3, 0.4) is 0 Å². The highest BCUT2D eigenvalue weighted by atomic mass is 32.2. The van der Waals surface area contributed by atoms with E-state index in [4.69, 9.17) is 5.11 Å². The third kappa shape index (κ3) is 3.66. The van der Waals surface area contributed by atoms with Crippen LogP contribution >= 0.6 is 0 Å². The van der Waals surface area contributed by atoms with Crippen LogP contribution in [-0.2, 0) is 14.6 Å². The number of carbonyl (C=O) groups excluding carboxylic acids is 1. The van der Waals surface area contributed by atoms with Crippen LogP contribution < -0.4 is 0 Å². The molecule has 1 heterocycles. The molecular weight excluding hydrogens is 396 g/mol. The summed E-state index contributed by atoms with van der Waals surface area (Å²) in [6.45, 7) is 0. The molecule has 0 fully saturated rings. The van der Waals surface area contributed by atoms with Crippen molar-refractivity contribution >= 4 is 32.5 Å². The summed E-state index contributed by atoms with van der Waals surface area (Å²) < 4.78 is 26.2. The van der Waals surface area contributed by atoms with E-state index in [-0.39, 0.29) is 26.3 Å². The van der Waals surface area contributed by atoms with E-state index in [1.807, 2.05) is 0 Å². The molecule has 2 aromatic carbocycles. The van der Waals surface area contributed by atoms with Crippen molar-refractivity contribution in [2.45, 2.75) is 22.6 Å². The number of aromatic hydroxyl groups is 1. The molecule has 0 unspecified atom stereocenters. The first kappa shape index (κ1) is 20.0. The normalized spacial score (nSPS) is 11.1. The second-order valence-corrected chi connectivity index (χ2v) is 8.00. The van der Waals surface area contributed by atoms with Gasteiger partial charge in [-0.3, -0.25) is 9.59 Å². The summed E-state index contributed by atoms with van der Waals surface area (Å²) in [5, 5.41) is 28.6. The topological polar surface area (TPSA) is 145 Å². The second kappa shape index (κ2) is 7.69. The number of aliphatic carboxylic acids is 1. The van der Waals surface area contributed by atoms with Gasteiger partial charge in [0, 0.05) is 11.8 Å². The predicted molar refractivity (Wildman–Crippen MR) is 101 cm³/mol. The zero-order valence-corrected chi connectivity index (χ0v) is 15.7. The van der Waals surface area contributed by atoms with E-state index < -0.39 is 45.9 Å². The van der Waals surface area contributed by atoms with Gasteiger partial charge >= 0.3 is 5.97 Å². The van der Waals surface area contributed by atoms with Gasteiger partial charge in [0.2, 0.25) is 9.84 Å². The van der Waals surface area contributed by atoms with E-state index in [1.54, 1.807) is 24.3 Å². The largest absolute Gasteiger partial charge is 0.504 e. The first-order valence-corrected chi connectivity index (χ1v) is 9.86. The van der Waals surface area contributed by atoms with Crippen molar-refractivity contribution in [3.05, 3.63) is 59.8 Å². The number of nitrogens with zero attached hydrogens (tertiary/aromatic N) is 2. The number of sulfone groups is 1. The Morgan fingerprint density at radius 2 is 1.72 bits per heavy atom. The third-order valence-corrected chi connectivity index (χ3v) is 6.04. The molecule has 0 aliphatic carbocycles.